The maximum atomic E-state index is 8.56. The molecule has 3 heteroatoms. The zero-order valence-electron chi connectivity index (χ0n) is 6.68. The Morgan fingerprint density at radius 2 is 2.20 bits per heavy atom. The van der Waals surface area contributed by atoms with Gasteiger partial charge in [0.25, 0.3) is 0 Å². The largest absolute Gasteiger partial charge is 0.378 e. The van der Waals surface area contributed by atoms with Crippen LogP contribution in [0.15, 0.2) is 0 Å². The van der Waals surface area contributed by atoms with Crippen molar-refractivity contribution in [1.29, 1.82) is 5.26 Å². The van der Waals surface area contributed by atoms with Gasteiger partial charge >= 0.3 is 0 Å². The van der Waals surface area contributed by atoms with Gasteiger partial charge in [-0.25, -0.2) is 0 Å². The SMILES string of the molecule is CCOCC(C)(C#N)OC. The number of nitrogens with zero attached hydrogens (tertiary/aromatic N) is 1. The van der Waals surface area contributed by atoms with Crippen LogP contribution >= 0.6 is 0 Å². The molecule has 0 aliphatic carbocycles. The second kappa shape index (κ2) is 4.26. The summed E-state index contributed by atoms with van der Waals surface area (Å²) in [6.07, 6.45) is 0. The minimum Gasteiger partial charge on any atom is -0.378 e. The van der Waals surface area contributed by atoms with E-state index in [1.165, 1.54) is 7.11 Å². The van der Waals surface area contributed by atoms with E-state index in [4.69, 9.17) is 14.7 Å². The molecule has 0 saturated carbocycles. The summed E-state index contributed by atoms with van der Waals surface area (Å²) in [6, 6.07) is 2.02. The topological polar surface area (TPSA) is 42.2 Å². The van der Waals surface area contributed by atoms with Gasteiger partial charge in [-0.3, -0.25) is 0 Å². The van der Waals surface area contributed by atoms with E-state index in [9.17, 15) is 0 Å². The summed E-state index contributed by atoms with van der Waals surface area (Å²) in [6.45, 7) is 4.52. The van der Waals surface area contributed by atoms with Crippen LogP contribution in [0.5, 0.6) is 0 Å². The van der Waals surface area contributed by atoms with Crippen molar-refractivity contribution in [1.82, 2.24) is 0 Å². The minimum absolute atomic E-state index is 0.330. The lowest BCUT2D eigenvalue weighted by atomic mass is 10.1. The number of hydrogen-bond donors (Lipinski definition) is 0. The second-order valence-corrected chi connectivity index (χ2v) is 2.18. The van der Waals surface area contributed by atoms with E-state index in [0.29, 0.717) is 13.2 Å². The van der Waals surface area contributed by atoms with Crippen molar-refractivity contribution in [3.05, 3.63) is 0 Å². The summed E-state index contributed by atoms with van der Waals surface area (Å²) in [4.78, 5) is 0. The van der Waals surface area contributed by atoms with Gasteiger partial charge in [-0.1, -0.05) is 0 Å². The number of rotatable bonds is 4. The van der Waals surface area contributed by atoms with Crippen molar-refractivity contribution in [2.75, 3.05) is 20.3 Å². The molecule has 0 aromatic heterocycles. The maximum absolute atomic E-state index is 8.56. The van der Waals surface area contributed by atoms with Crippen molar-refractivity contribution in [3.8, 4) is 6.07 Å². The normalized spacial score (nSPS) is 15.8. The molecule has 1 unspecified atom stereocenters. The quantitative estimate of drug-likeness (QED) is 0.588. The lowest BCUT2D eigenvalue weighted by Gasteiger charge is -2.18. The Morgan fingerprint density at radius 1 is 1.60 bits per heavy atom. The van der Waals surface area contributed by atoms with Gasteiger partial charge < -0.3 is 9.47 Å². The van der Waals surface area contributed by atoms with Crippen LogP contribution in [-0.4, -0.2) is 25.9 Å². The first kappa shape index (κ1) is 9.41. The molecule has 0 rings (SSSR count). The number of methoxy groups -OCH3 is 1. The third kappa shape index (κ3) is 2.81. The van der Waals surface area contributed by atoms with Gasteiger partial charge in [0.15, 0.2) is 5.60 Å². The molecular formula is C7H13NO2. The molecule has 3 nitrogen and oxygen atoms in total. The first-order valence-corrected chi connectivity index (χ1v) is 3.22. The Morgan fingerprint density at radius 3 is 2.50 bits per heavy atom. The first-order valence-electron chi connectivity index (χ1n) is 3.22. The van der Waals surface area contributed by atoms with E-state index in [2.05, 4.69) is 0 Å². The molecule has 0 saturated heterocycles. The zero-order valence-corrected chi connectivity index (χ0v) is 6.68. The predicted octanol–water partition coefficient (Wildman–Crippen LogP) is 0.952. The van der Waals surface area contributed by atoms with Crippen molar-refractivity contribution in [2.24, 2.45) is 0 Å². The molecule has 0 N–H and O–H groups in total. The van der Waals surface area contributed by atoms with Gasteiger partial charge in [0.2, 0.25) is 0 Å². The molecule has 1 atom stereocenters. The fourth-order valence-corrected chi connectivity index (χ4v) is 0.434. The highest BCUT2D eigenvalue weighted by Crippen LogP contribution is 2.06. The third-order valence-electron chi connectivity index (χ3n) is 1.27. The van der Waals surface area contributed by atoms with E-state index in [1.807, 2.05) is 13.0 Å². The zero-order chi connectivity index (χ0) is 8.04. The Balaban J connectivity index is 3.72. The average Bonchev–Trinajstić information content (AvgIpc) is 2.00. The third-order valence-corrected chi connectivity index (χ3v) is 1.27. The van der Waals surface area contributed by atoms with Gasteiger partial charge in [-0.15, -0.1) is 0 Å². The summed E-state index contributed by atoms with van der Waals surface area (Å²) in [7, 11) is 1.50. The van der Waals surface area contributed by atoms with Gasteiger partial charge in [-0.05, 0) is 13.8 Å². The smallest absolute Gasteiger partial charge is 0.174 e. The Kier molecular flexibility index (Phi) is 4.01. The van der Waals surface area contributed by atoms with Crippen LogP contribution in [0.25, 0.3) is 0 Å². The lowest BCUT2D eigenvalue weighted by molar-refractivity contribution is -0.0230. The van der Waals surface area contributed by atoms with E-state index >= 15 is 0 Å². The van der Waals surface area contributed by atoms with E-state index in [0.717, 1.165) is 0 Å². The summed E-state index contributed by atoms with van der Waals surface area (Å²) in [5.41, 5.74) is -0.782. The molecule has 10 heavy (non-hydrogen) atoms. The van der Waals surface area contributed by atoms with Crippen LogP contribution < -0.4 is 0 Å². The number of nitriles is 1. The molecule has 0 heterocycles. The molecule has 0 aliphatic heterocycles. The standard InChI is InChI=1S/C7H13NO2/c1-4-10-6-7(2,5-8)9-3/h4,6H2,1-3H3. The van der Waals surface area contributed by atoms with Crippen molar-refractivity contribution >= 4 is 0 Å². The number of hydrogen-bond acceptors (Lipinski definition) is 3. The van der Waals surface area contributed by atoms with Crippen molar-refractivity contribution in [2.45, 2.75) is 19.4 Å². The van der Waals surface area contributed by atoms with Crippen LogP contribution in [0.3, 0.4) is 0 Å². The molecule has 0 spiro atoms. The highest BCUT2D eigenvalue weighted by molar-refractivity contribution is 4.97. The summed E-state index contributed by atoms with van der Waals surface area (Å²) < 4.78 is 9.94. The van der Waals surface area contributed by atoms with Crippen LogP contribution in [-0.2, 0) is 9.47 Å². The first-order chi connectivity index (χ1) is 4.68. The van der Waals surface area contributed by atoms with Crippen LogP contribution in [0.1, 0.15) is 13.8 Å². The maximum Gasteiger partial charge on any atom is 0.174 e. The minimum atomic E-state index is -0.782. The average molecular weight is 143 g/mol. The number of ether oxygens (including phenoxy) is 2. The molecule has 0 aliphatic rings. The van der Waals surface area contributed by atoms with Gasteiger partial charge in [0.1, 0.15) is 0 Å². The molecule has 0 aromatic rings. The van der Waals surface area contributed by atoms with Crippen LogP contribution in [0.2, 0.25) is 0 Å². The van der Waals surface area contributed by atoms with Gasteiger partial charge in [0.05, 0.1) is 12.7 Å². The van der Waals surface area contributed by atoms with Crippen molar-refractivity contribution < 1.29 is 9.47 Å². The Hall–Kier alpha value is -0.590. The van der Waals surface area contributed by atoms with Crippen molar-refractivity contribution in [3.63, 3.8) is 0 Å². The lowest BCUT2D eigenvalue weighted by Crippen LogP contribution is -2.31. The van der Waals surface area contributed by atoms with E-state index in [-0.39, 0.29) is 0 Å². The molecule has 0 radical (unpaired) electrons. The monoisotopic (exact) mass is 143 g/mol. The molecule has 0 amide bonds. The summed E-state index contributed by atoms with van der Waals surface area (Å²) >= 11 is 0. The Bertz CT molecular complexity index is 130. The van der Waals surface area contributed by atoms with E-state index < -0.39 is 5.60 Å². The van der Waals surface area contributed by atoms with Crippen LogP contribution in [0, 0.1) is 11.3 Å². The van der Waals surface area contributed by atoms with Gasteiger partial charge in [0, 0.05) is 13.7 Å². The highest BCUT2D eigenvalue weighted by Gasteiger charge is 2.22. The Labute approximate surface area is 61.5 Å². The van der Waals surface area contributed by atoms with Gasteiger partial charge in [-0.2, -0.15) is 5.26 Å². The fraction of sp³-hybridized carbons (Fsp3) is 0.857. The molecule has 0 fully saturated rings. The second-order valence-electron chi connectivity index (χ2n) is 2.18. The summed E-state index contributed by atoms with van der Waals surface area (Å²) in [5, 5.41) is 8.56. The van der Waals surface area contributed by atoms with Crippen LogP contribution in [0.4, 0.5) is 0 Å². The fourth-order valence-electron chi connectivity index (χ4n) is 0.434. The predicted molar refractivity (Wildman–Crippen MR) is 37.5 cm³/mol. The molecule has 0 aromatic carbocycles. The summed E-state index contributed by atoms with van der Waals surface area (Å²) in [5.74, 6) is 0. The molecule has 0 bridgehead atoms. The molecular weight excluding hydrogens is 130 g/mol. The molecule has 58 valence electrons. The van der Waals surface area contributed by atoms with E-state index in [1.54, 1.807) is 6.92 Å². The highest BCUT2D eigenvalue weighted by atomic mass is 16.5.